The monoisotopic (exact) mass is 294 g/mol. The minimum Gasteiger partial charge on any atom is -0.381 e. The zero-order valence-corrected chi connectivity index (χ0v) is 9.79. The number of hydrogen-bond acceptors (Lipinski definition) is 5. The second-order valence-electron chi connectivity index (χ2n) is 2.63. The number of hydrogen-bond donors (Lipinski definition) is 3. The minimum atomic E-state index is -1.27. The second-order valence-corrected chi connectivity index (χ2v) is 3.78. The summed E-state index contributed by atoms with van der Waals surface area (Å²) in [5, 5.41) is 12.1. The van der Waals surface area contributed by atoms with Crippen LogP contribution in [0, 0.1) is 0 Å². The molecule has 1 rings (SSSR count). The van der Waals surface area contributed by atoms with Gasteiger partial charge in [0, 0.05) is 0 Å². The van der Waals surface area contributed by atoms with Crippen molar-refractivity contribution in [3.05, 3.63) is 16.0 Å². The molecule has 0 aliphatic heterocycles. The molecule has 0 saturated heterocycles. The van der Waals surface area contributed by atoms with E-state index < -0.39 is 12.0 Å². The summed E-state index contributed by atoms with van der Waals surface area (Å²) in [5.41, 5.74) is 4.87. The molecule has 82 valence electrons. The van der Waals surface area contributed by atoms with Gasteiger partial charge >= 0.3 is 0 Å². The number of nitrogens with two attached hydrogens (primary N) is 1. The van der Waals surface area contributed by atoms with Gasteiger partial charge in [0.15, 0.2) is 0 Å². The largest absolute Gasteiger partial charge is 0.381 e. The number of carbonyl (C=O) groups is 1. The van der Waals surface area contributed by atoms with Gasteiger partial charge in [0.2, 0.25) is 5.91 Å². The van der Waals surface area contributed by atoms with Crippen LogP contribution in [0.15, 0.2) is 10.8 Å². The number of halogens is 2. The molecule has 0 spiro atoms. The van der Waals surface area contributed by atoms with Crippen LogP contribution in [-0.2, 0) is 4.79 Å². The van der Waals surface area contributed by atoms with Crippen molar-refractivity contribution in [1.29, 1.82) is 0 Å². The van der Waals surface area contributed by atoms with E-state index in [0.717, 1.165) is 0 Å². The number of primary amides is 1. The summed E-state index contributed by atoms with van der Waals surface area (Å²) in [4.78, 5) is 18.1. The fraction of sp³-hybridized carbons (Fsp3) is 0.286. The van der Waals surface area contributed by atoms with Gasteiger partial charge in [-0.25, -0.2) is 9.97 Å². The van der Waals surface area contributed by atoms with Gasteiger partial charge < -0.3 is 16.2 Å². The number of aliphatic hydroxyl groups excluding tert-OH is 1. The molecule has 0 bridgehead atoms. The number of aromatic nitrogens is 2. The average molecular weight is 296 g/mol. The van der Waals surface area contributed by atoms with E-state index in [1.54, 1.807) is 0 Å². The highest BCUT2D eigenvalue weighted by molar-refractivity contribution is 9.10. The third-order valence-electron chi connectivity index (χ3n) is 1.54. The lowest BCUT2D eigenvalue weighted by Gasteiger charge is -2.10. The fourth-order valence-electron chi connectivity index (χ4n) is 0.766. The molecule has 1 heterocycles. The summed E-state index contributed by atoms with van der Waals surface area (Å²) in [6, 6.07) is 0. The van der Waals surface area contributed by atoms with Crippen LogP contribution in [0.25, 0.3) is 0 Å². The molecular formula is C7H8BrClN4O2. The van der Waals surface area contributed by atoms with E-state index >= 15 is 0 Å². The summed E-state index contributed by atoms with van der Waals surface area (Å²) in [6.45, 7) is -0.0404. The Morgan fingerprint density at radius 1 is 1.73 bits per heavy atom. The molecule has 1 aromatic heterocycles. The van der Waals surface area contributed by atoms with E-state index in [1.807, 2.05) is 0 Å². The van der Waals surface area contributed by atoms with Gasteiger partial charge in [0.25, 0.3) is 0 Å². The number of carbonyl (C=O) groups excluding carboxylic acids is 1. The molecule has 0 fully saturated rings. The van der Waals surface area contributed by atoms with Crippen LogP contribution in [-0.4, -0.2) is 33.6 Å². The highest BCUT2D eigenvalue weighted by Crippen LogP contribution is 2.25. The third kappa shape index (κ3) is 3.29. The molecular weight excluding hydrogens is 287 g/mol. The van der Waals surface area contributed by atoms with Crippen LogP contribution in [0.1, 0.15) is 0 Å². The maximum Gasteiger partial charge on any atom is 0.248 e. The molecule has 1 atom stereocenters. The van der Waals surface area contributed by atoms with Crippen molar-refractivity contribution < 1.29 is 9.90 Å². The zero-order chi connectivity index (χ0) is 11.4. The first kappa shape index (κ1) is 12.2. The van der Waals surface area contributed by atoms with Crippen molar-refractivity contribution in [3.8, 4) is 0 Å². The maximum absolute atomic E-state index is 10.5. The molecule has 1 amide bonds. The SMILES string of the molecule is NC(=O)C(O)CNc1ncnc(Cl)c1Br. The standard InChI is InChI=1S/C7H8BrClN4O2/c8-4-5(9)12-2-13-7(4)11-1-3(14)6(10)15/h2-3,14H,1H2,(H2,10,15)(H,11,12,13). The minimum absolute atomic E-state index is 0.0404. The molecule has 15 heavy (non-hydrogen) atoms. The summed E-state index contributed by atoms with van der Waals surface area (Å²) in [6.07, 6.45) is -0.0165. The van der Waals surface area contributed by atoms with Crippen LogP contribution in [0.5, 0.6) is 0 Å². The van der Waals surface area contributed by atoms with Gasteiger partial charge in [-0.2, -0.15) is 0 Å². The molecule has 1 aromatic rings. The topological polar surface area (TPSA) is 101 Å². The fourth-order valence-corrected chi connectivity index (χ4v) is 1.24. The Labute approximate surface area is 99.0 Å². The predicted octanol–water partition coefficient (Wildman–Crippen LogP) is 0.151. The lowest BCUT2D eigenvalue weighted by Crippen LogP contribution is -2.34. The number of amides is 1. The lowest BCUT2D eigenvalue weighted by atomic mass is 10.3. The maximum atomic E-state index is 10.5. The number of anilines is 1. The number of nitrogens with one attached hydrogen (secondary N) is 1. The van der Waals surface area contributed by atoms with Gasteiger partial charge in [0.1, 0.15) is 23.4 Å². The Hall–Kier alpha value is -0.920. The second kappa shape index (κ2) is 5.24. The van der Waals surface area contributed by atoms with Crippen molar-refractivity contribution >= 4 is 39.3 Å². The lowest BCUT2D eigenvalue weighted by molar-refractivity contribution is -0.125. The highest BCUT2D eigenvalue weighted by Gasteiger charge is 2.12. The molecule has 8 heteroatoms. The first-order chi connectivity index (χ1) is 7.02. The summed E-state index contributed by atoms with van der Waals surface area (Å²) >= 11 is 8.85. The Kier molecular flexibility index (Phi) is 4.25. The first-order valence-electron chi connectivity index (χ1n) is 3.89. The van der Waals surface area contributed by atoms with Crippen molar-refractivity contribution in [2.45, 2.75) is 6.10 Å². The van der Waals surface area contributed by atoms with Crippen LogP contribution < -0.4 is 11.1 Å². The third-order valence-corrected chi connectivity index (χ3v) is 2.80. The predicted molar refractivity (Wildman–Crippen MR) is 58.4 cm³/mol. The Bertz CT molecular complexity index is 376. The summed E-state index contributed by atoms with van der Waals surface area (Å²) < 4.78 is 0.461. The van der Waals surface area contributed by atoms with Crippen molar-refractivity contribution in [2.75, 3.05) is 11.9 Å². The smallest absolute Gasteiger partial charge is 0.248 e. The van der Waals surface area contributed by atoms with Gasteiger partial charge in [-0.05, 0) is 15.9 Å². The number of nitrogens with zero attached hydrogens (tertiary/aromatic N) is 2. The van der Waals surface area contributed by atoms with Gasteiger partial charge in [-0.1, -0.05) is 11.6 Å². The van der Waals surface area contributed by atoms with Gasteiger partial charge in [0.05, 0.1) is 11.0 Å². The van der Waals surface area contributed by atoms with Crippen LogP contribution in [0.2, 0.25) is 5.15 Å². The Morgan fingerprint density at radius 2 is 2.40 bits per heavy atom. The first-order valence-corrected chi connectivity index (χ1v) is 5.06. The van der Waals surface area contributed by atoms with Gasteiger partial charge in [-0.15, -0.1) is 0 Å². The summed E-state index contributed by atoms with van der Waals surface area (Å²) in [7, 11) is 0. The Morgan fingerprint density at radius 3 is 3.00 bits per heavy atom. The molecule has 4 N–H and O–H groups in total. The summed E-state index contributed by atoms with van der Waals surface area (Å²) in [5.74, 6) is -0.422. The average Bonchev–Trinajstić information content (AvgIpc) is 2.19. The van der Waals surface area contributed by atoms with Crippen molar-refractivity contribution in [3.63, 3.8) is 0 Å². The molecule has 0 aliphatic rings. The highest BCUT2D eigenvalue weighted by atomic mass is 79.9. The normalized spacial score (nSPS) is 12.2. The van der Waals surface area contributed by atoms with Crippen molar-refractivity contribution in [2.24, 2.45) is 5.73 Å². The van der Waals surface area contributed by atoms with E-state index in [2.05, 4.69) is 31.2 Å². The molecule has 0 saturated carbocycles. The number of aliphatic hydroxyl groups is 1. The van der Waals surface area contributed by atoms with Crippen LogP contribution in [0.4, 0.5) is 5.82 Å². The molecule has 6 nitrogen and oxygen atoms in total. The van der Waals surface area contributed by atoms with E-state index in [9.17, 15) is 4.79 Å². The van der Waals surface area contributed by atoms with E-state index in [0.29, 0.717) is 10.3 Å². The number of rotatable bonds is 4. The molecule has 0 radical (unpaired) electrons. The van der Waals surface area contributed by atoms with Crippen LogP contribution in [0.3, 0.4) is 0 Å². The quantitative estimate of drug-likeness (QED) is 0.686. The van der Waals surface area contributed by atoms with Crippen molar-refractivity contribution in [1.82, 2.24) is 9.97 Å². The molecule has 0 aliphatic carbocycles. The van der Waals surface area contributed by atoms with E-state index in [1.165, 1.54) is 6.33 Å². The molecule has 0 aromatic carbocycles. The molecule has 1 unspecified atom stereocenters. The van der Waals surface area contributed by atoms with Crippen LogP contribution >= 0.6 is 27.5 Å². The Balaban J connectivity index is 2.66. The zero-order valence-electron chi connectivity index (χ0n) is 7.44. The van der Waals surface area contributed by atoms with Gasteiger partial charge in [-0.3, -0.25) is 4.79 Å². The van der Waals surface area contributed by atoms with E-state index in [4.69, 9.17) is 22.4 Å². The van der Waals surface area contributed by atoms with E-state index in [-0.39, 0.29) is 11.7 Å².